The maximum Gasteiger partial charge on any atom is 0.191 e. The quantitative estimate of drug-likeness (QED) is 0.604. The van der Waals surface area contributed by atoms with Gasteiger partial charge in [0.1, 0.15) is 5.82 Å². The Labute approximate surface area is 150 Å². The smallest absolute Gasteiger partial charge is 0.191 e. The summed E-state index contributed by atoms with van der Waals surface area (Å²) in [7, 11) is 3.97. The summed E-state index contributed by atoms with van der Waals surface area (Å²) >= 11 is 0. The summed E-state index contributed by atoms with van der Waals surface area (Å²) in [6.07, 6.45) is 4.46. The van der Waals surface area contributed by atoms with Crippen molar-refractivity contribution in [2.45, 2.75) is 25.5 Å². The van der Waals surface area contributed by atoms with Crippen LogP contribution in [-0.4, -0.2) is 75.4 Å². The molecule has 2 fully saturated rings. The Morgan fingerprint density at radius 2 is 2.16 bits per heavy atom. The molecule has 0 aromatic carbocycles. The van der Waals surface area contributed by atoms with Crippen LogP contribution in [0, 0.1) is 0 Å². The van der Waals surface area contributed by atoms with Crippen molar-refractivity contribution in [1.82, 2.24) is 20.5 Å². The van der Waals surface area contributed by atoms with Crippen LogP contribution in [-0.2, 0) is 11.3 Å². The van der Waals surface area contributed by atoms with Crippen LogP contribution in [0.4, 0.5) is 5.82 Å². The lowest BCUT2D eigenvalue weighted by atomic mass is 10.2. The highest BCUT2D eigenvalue weighted by molar-refractivity contribution is 5.79. The van der Waals surface area contributed by atoms with E-state index in [-0.39, 0.29) is 0 Å². The molecule has 2 aliphatic heterocycles. The van der Waals surface area contributed by atoms with Crippen molar-refractivity contribution in [3.8, 4) is 0 Å². The van der Waals surface area contributed by atoms with Gasteiger partial charge in [-0.2, -0.15) is 0 Å². The summed E-state index contributed by atoms with van der Waals surface area (Å²) in [6, 6.07) is 4.14. The number of aliphatic imine (C=N–C) groups is 1. The molecule has 2 N–H and O–H groups in total. The Kier molecular flexibility index (Phi) is 6.47. The molecule has 0 spiro atoms. The summed E-state index contributed by atoms with van der Waals surface area (Å²) in [5, 5.41) is 6.76. The number of rotatable bonds is 5. The first-order valence-electron chi connectivity index (χ1n) is 9.20. The van der Waals surface area contributed by atoms with Gasteiger partial charge in [-0.3, -0.25) is 4.99 Å². The number of ether oxygens (including phenoxy) is 1. The third-order valence-electron chi connectivity index (χ3n) is 4.86. The van der Waals surface area contributed by atoms with Crippen LogP contribution >= 0.6 is 0 Å². The molecule has 1 aromatic heterocycles. The molecular weight excluding hydrogens is 316 g/mol. The molecule has 0 bridgehead atoms. The van der Waals surface area contributed by atoms with E-state index < -0.39 is 0 Å². The van der Waals surface area contributed by atoms with Gasteiger partial charge in [0.2, 0.25) is 0 Å². The van der Waals surface area contributed by atoms with E-state index in [2.05, 4.69) is 43.5 Å². The van der Waals surface area contributed by atoms with Crippen molar-refractivity contribution in [2.75, 3.05) is 58.3 Å². The number of likely N-dealkylation sites (N-methyl/N-ethyl adjacent to an activating group) is 1. The van der Waals surface area contributed by atoms with Crippen molar-refractivity contribution in [3.05, 3.63) is 23.9 Å². The first-order valence-corrected chi connectivity index (χ1v) is 9.20. The normalized spacial score (nSPS) is 22.2. The highest BCUT2D eigenvalue weighted by Gasteiger charge is 2.18. The molecule has 25 heavy (non-hydrogen) atoms. The van der Waals surface area contributed by atoms with Crippen molar-refractivity contribution in [2.24, 2.45) is 4.99 Å². The van der Waals surface area contributed by atoms with E-state index >= 15 is 0 Å². The molecule has 138 valence electrons. The van der Waals surface area contributed by atoms with Gasteiger partial charge in [-0.1, -0.05) is 6.07 Å². The van der Waals surface area contributed by atoms with Crippen LogP contribution in [0.25, 0.3) is 0 Å². The van der Waals surface area contributed by atoms with E-state index in [9.17, 15) is 0 Å². The molecule has 3 heterocycles. The first kappa shape index (κ1) is 17.9. The third-order valence-corrected chi connectivity index (χ3v) is 4.86. The zero-order valence-electron chi connectivity index (χ0n) is 15.4. The molecule has 0 radical (unpaired) electrons. The lowest BCUT2D eigenvalue weighted by molar-refractivity contribution is 0.114. The summed E-state index contributed by atoms with van der Waals surface area (Å²) in [5.74, 6) is 1.89. The minimum absolute atomic E-state index is 0.304. The third kappa shape index (κ3) is 5.06. The Balaban J connectivity index is 1.54. The minimum Gasteiger partial charge on any atom is -0.376 e. The predicted octanol–water partition coefficient (Wildman–Crippen LogP) is 0.677. The monoisotopic (exact) mass is 346 g/mol. The van der Waals surface area contributed by atoms with Gasteiger partial charge in [0.15, 0.2) is 5.96 Å². The van der Waals surface area contributed by atoms with E-state index in [0.717, 1.165) is 63.9 Å². The SMILES string of the molecule is CN=C(NCc1cccnc1N1CCN(C)CC1)NCC1CCCO1. The predicted molar refractivity (Wildman–Crippen MR) is 101 cm³/mol. The van der Waals surface area contributed by atoms with Gasteiger partial charge >= 0.3 is 0 Å². The fraction of sp³-hybridized carbons (Fsp3) is 0.667. The molecular formula is C18H30N6O. The fourth-order valence-electron chi connectivity index (χ4n) is 3.29. The van der Waals surface area contributed by atoms with Gasteiger partial charge in [0.25, 0.3) is 0 Å². The molecule has 0 amide bonds. The van der Waals surface area contributed by atoms with Gasteiger partial charge < -0.3 is 25.2 Å². The second-order valence-electron chi connectivity index (χ2n) is 6.72. The number of pyridine rings is 1. The summed E-state index contributed by atoms with van der Waals surface area (Å²) < 4.78 is 5.65. The largest absolute Gasteiger partial charge is 0.376 e. The molecule has 7 nitrogen and oxygen atoms in total. The van der Waals surface area contributed by atoms with E-state index in [1.54, 1.807) is 7.05 Å². The summed E-state index contributed by atoms with van der Waals surface area (Å²) in [6.45, 7) is 6.59. The second kappa shape index (κ2) is 9.01. The first-order chi connectivity index (χ1) is 12.3. The number of piperazine rings is 1. The van der Waals surface area contributed by atoms with Gasteiger partial charge in [-0.05, 0) is 26.0 Å². The average molecular weight is 346 g/mol. The Bertz CT molecular complexity index is 564. The van der Waals surface area contributed by atoms with Crippen LogP contribution in [0.3, 0.4) is 0 Å². The molecule has 0 aliphatic carbocycles. The van der Waals surface area contributed by atoms with Crippen molar-refractivity contribution in [3.63, 3.8) is 0 Å². The van der Waals surface area contributed by atoms with Crippen molar-refractivity contribution < 1.29 is 4.74 Å². The molecule has 3 rings (SSSR count). The molecule has 1 unspecified atom stereocenters. The zero-order valence-corrected chi connectivity index (χ0v) is 15.4. The van der Waals surface area contributed by atoms with Crippen LogP contribution in [0.5, 0.6) is 0 Å². The summed E-state index contributed by atoms with van der Waals surface area (Å²) in [5.41, 5.74) is 1.20. The highest BCUT2D eigenvalue weighted by atomic mass is 16.5. The standard InChI is InChI=1S/C18H30N6O/c1-19-18(22-14-16-6-4-12-25-16)21-13-15-5-3-7-20-17(15)24-10-8-23(2)9-11-24/h3,5,7,16H,4,6,8-14H2,1-2H3,(H2,19,21,22). The van der Waals surface area contributed by atoms with Gasteiger partial charge in [0.05, 0.1) is 6.10 Å². The number of anilines is 1. The molecule has 2 aliphatic rings. The highest BCUT2D eigenvalue weighted by Crippen LogP contribution is 2.18. The number of nitrogens with one attached hydrogen (secondary N) is 2. The molecule has 1 atom stereocenters. The van der Waals surface area contributed by atoms with Gasteiger partial charge in [-0.25, -0.2) is 4.98 Å². The van der Waals surface area contributed by atoms with Crippen molar-refractivity contribution in [1.29, 1.82) is 0 Å². The van der Waals surface area contributed by atoms with E-state index in [4.69, 9.17) is 4.74 Å². The molecule has 2 saturated heterocycles. The lowest BCUT2D eigenvalue weighted by Crippen LogP contribution is -2.45. The Morgan fingerprint density at radius 1 is 1.32 bits per heavy atom. The molecule has 0 saturated carbocycles. The average Bonchev–Trinajstić information content (AvgIpc) is 3.16. The number of aromatic nitrogens is 1. The van der Waals surface area contributed by atoms with Crippen LogP contribution in [0.15, 0.2) is 23.3 Å². The van der Waals surface area contributed by atoms with Crippen molar-refractivity contribution >= 4 is 11.8 Å². The van der Waals surface area contributed by atoms with Crippen LogP contribution < -0.4 is 15.5 Å². The van der Waals surface area contributed by atoms with E-state index in [0.29, 0.717) is 12.6 Å². The topological polar surface area (TPSA) is 65.0 Å². The minimum atomic E-state index is 0.304. The number of hydrogen-bond donors (Lipinski definition) is 2. The van der Waals surface area contributed by atoms with Crippen LogP contribution in [0.2, 0.25) is 0 Å². The number of hydrogen-bond acceptors (Lipinski definition) is 5. The Hall–Kier alpha value is -1.86. The fourth-order valence-corrected chi connectivity index (χ4v) is 3.29. The van der Waals surface area contributed by atoms with E-state index in [1.165, 1.54) is 5.56 Å². The van der Waals surface area contributed by atoms with Gasteiger partial charge in [-0.15, -0.1) is 0 Å². The van der Waals surface area contributed by atoms with Crippen LogP contribution in [0.1, 0.15) is 18.4 Å². The Morgan fingerprint density at radius 3 is 2.88 bits per heavy atom. The zero-order chi connectivity index (χ0) is 17.5. The lowest BCUT2D eigenvalue weighted by Gasteiger charge is -2.34. The summed E-state index contributed by atoms with van der Waals surface area (Å²) in [4.78, 5) is 13.7. The second-order valence-corrected chi connectivity index (χ2v) is 6.72. The maximum absolute atomic E-state index is 5.65. The van der Waals surface area contributed by atoms with Gasteiger partial charge in [0, 0.05) is 64.7 Å². The number of guanidine groups is 1. The molecule has 1 aromatic rings. The molecule has 7 heteroatoms. The van der Waals surface area contributed by atoms with E-state index in [1.807, 2.05) is 12.3 Å². The maximum atomic E-state index is 5.65. The number of nitrogens with zero attached hydrogens (tertiary/aromatic N) is 4.